The number of rotatable bonds is 4. The van der Waals surface area contributed by atoms with Crippen molar-refractivity contribution in [1.82, 2.24) is 0 Å². The van der Waals surface area contributed by atoms with E-state index in [4.69, 9.17) is 9.47 Å². The van der Waals surface area contributed by atoms with Crippen molar-refractivity contribution in [3.8, 4) is 5.75 Å². The SMILES string of the molecule is CCOC(=O)Cc1cc(C)c(C)c(OC)c1. The number of hydrogen-bond acceptors (Lipinski definition) is 3. The van der Waals surface area contributed by atoms with Gasteiger partial charge < -0.3 is 9.47 Å². The van der Waals surface area contributed by atoms with Crippen molar-refractivity contribution in [3.63, 3.8) is 0 Å². The van der Waals surface area contributed by atoms with E-state index in [0.717, 1.165) is 22.4 Å². The third-order valence-corrected chi connectivity index (χ3v) is 2.55. The highest BCUT2D eigenvalue weighted by atomic mass is 16.5. The summed E-state index contributed by atoms with van der Waals surface area (Å²) in [5.74, 6) is 0.618. The van der Waals surface area contributed by atoms with Crippen LogP contribution in [0.2, 0.25) is 0 Å². The first-order valence-electron chi connectivity index (χ1n) is 5.38. The summed E-state index contributed by atoms with van der Waals surface area (Å²) < 4.78 is 10.2. The zero-order valence-corrected chi connectivity index (χ0v) is 10.3. The molecule has 0 bridgehead atoms. The molecule has 1 aromatic carbocycles. The summed E-state index contributed by atoms with van der Waals surface area (Å²) in [6.07, 6.45) is 0.297. The van der Waals surface area contributed by atoms with Crippen LogP contribution in [0.15, 0.2) is 12.1 Å². The number of aryl methyl sites for hydroxylation is 1. The van der Waals surface area contributed by atoms with Crippen LogP contribution in [0.25, 0.3) is 0 Å². The summed E-state index contributed by atoms with van der Waals surface area (Å²) in [5.41, 5.74) is 3.16. The van der Waals surface area contributed by atoms with E-state index in [0.29, 0.717) is 13.0 Å². The second-order valence-electron chi connectivity index (χ2n) is 3.72. The minimum Gasteiger partial charge on any atom is -0.496 e. The predicted octanol–water partition coefficient (Wildman–Crippen LogP) is 2.42. The van der Waals surface area contributed by atoms with Crippen LogP contribution in [0.4, 0.5) is 0 Å². The summed E-state index contributed by atoms with van der Waals surface area (Å²) >= 11 is 0. The Morgan fingerprint density at radius 3 is 2.56 bits per heavy atom. The van der Waals surface area contributed by atoms with Crippen molar-refractivity contribution < 1.29 is 14.3 Å². The van der Waals surface area contributed by atoms with E-state index in [9.17, 15) is 4.79 Å². The molecule has 0 heterocycles. The summed E-state index contributed by atoms with van der Waals surface area (Å²) in [6, 6.07) is 3.88. The molecular weight excluding hydrogens is 204 g/mol. The highest BCUT2D eigenvalue weighted by molar-refractivity contribution is 5.73. The number of esters is 1. The molecule has 1 rings (SSSR count). The quantitative estimate of drug-likeness (QED) is 0.734. The molecule has 0 aliphatic heterocycles. The maximum Gasteiger partial charge on any atom is 0.310 e. The molecule has 16 heavy (non-hydrogen) atoms. The van der Waals surface area contributed by atoms with Crippen molar-refractivity contribution in [3.05, 3.63) is 28.8 Å². The van der Waals surface area contributed by atoms with Gasteiger partial charge in [-0.3, -0.25) is 4.79 Å². The van der Waals surface area contributed by atoms with Gasteiger partial charge in [-0.1, -0.05) is 6.07 Å². The van der Waals surface area contributed by atoms with Gasteiger partial charge in [-0.15, -0.1) is 0 Å². The van der Waals surface area contributed by atoms with Crippen molar-refractivity contribution in [2.45, 2.75) is 27.2 Å². The maximum absolute atomic E-state index is 11.3. The lowest BCUT2D eigenvalue weighted by molar-refractivity contribution is -0.142. The minimum absolute atomic E-state index is 0.201. The second kappa shape index (κ2) is 5.54. The van der Waals surface area contributed by atoms with Gasteiger partial charge in [0.25, 0.3) is 0 Å². The van der Waals surface area contributed by atoms with E-state index >= 15 is 0 Å². The van der Waals surface area contributed by atoms with Gasteiger partial charge in [-0.2, -0.15) is 0 Å². The van der Waals surface area contributed by atoms with Crippen molar-refractivity contribution in [2.75, 3.05) is 13.7 Å². The Balaban J connectivity index is 2.89. The Morgan fingerprint density at radius 1 is 1.31 bits per heavy atom. The van der Waals surface area contributed by atoms with Crippen LogP contribution >= 0.6 is 0 Å². The van der Waals surface area contributed by atoms with Gasteiger partial charge in [0.1, 0.15) is 5.75 Å². The molecule has 0 radical (unpaired) electrons. The van der Waals surface area contributed by atoms with E-state index < -0.39 is 0 Å². The molecule has 0 N–H and O–H groups in total. The summed E-state index contributed by atoms with van der Waals surface area (Å²) in [7, 11) is 1.63. The van der Waals surface area contributed by atoms with Gasteiger partial charge in [-0.25, -0.2) is 0 Å². The molecule has 0 spiro atoms. The van der Waals surface area contributed by atoms with Gasteiger partial charge in [0.2, 0.25) is 0 Å². The first-order valence-corrected chi connectivity index (χ1v) is 5.38. The van der Waals surface area contributed by atoms with Gasteiger partial charge in [0, 0.05) is 0 Å². The molecule has 1 aromatic rings. The Kier molecular flexibility index (Phi) is 4.35. The fourth-order valence-corrected chi connectivity index (χ4v) is 1.59. The number of ether oxygens (including phenoxy) is 2. The van der Waals surface area contributed by atoms with Crippen LogP contribution in [0.1, 0.15) is 23.6 Å². The monoisotopic (exact) mass is 222 g/mol. The van der Waals surface area contributed by atoms with Crippen LogP contribution < -0.4 is 4.74 Å². The summed E-state index contributed by atoms with van der Waals surface area (Å²) in [5, 5.41) is 0. The van der Waals surface area contributed by atoms with Crippen LogP contribution in [0.3, 0.4) is 0 Å². The van der Waals surface area contributed by atoms with E-state index in [2.05, 4.69) is 0 Å². The lowest BCUT2D eigenvalue weighted by atomic mass is 10.0. The number of carbonyl (C=O) groups is 1. The molecule has 0 aliphatic rings. The summed E-state index contributed by atoms with van der Waals surface area (Å²) in [4.78, 5) is 11.3. The van der Waals surface area contributed by atoms with Crippen LogP contribution in [-0.2, 0) is 16.0 Å². The average molecular weight is 222 g/mol. The number of methoxy groups -OCH3 is 1. The van der Waals surface area contributed by atoms with Gasteiger partial charge in [-0.05, 0) is 43.5 Å². The fourth-order valence-electron chi connectivity index (χ4n) is 1.59. The molecular formula is C13H18O3. The van der Waals surface area contributed by atoms with E-state index in [1.807, 2.05) is 26.0 Å². The Bertz CT molecular complexity index is 383. The van der Waals surface area contributed by atoms with Crippen LogP contribution in [0, 0.1) is 13.8 Å². The zero-order chi connectivity index (χ0) is 12.1. The van der Waals surface area contributed by atoms with Gasteiger partial charge >= 0.3 is 5.97 Å². The molecule has 3 heteroatoms. The third-order valence-electron chi connectivity index (χ3n) is 2.55. The standard InChI is InChI=1S/C13H18O3/c1-5-16-13(14)8-11-6-9(2)10(3)12(7-11)15-4/h6-7H,5,8H2,1-4H3. The number of benzene rings is 1. The smallest absolute Gasteiger partial charge is 0.310 e. The van der Waals surface area contributed by atoms with Gasteiger partial charge in [0.15, 0.2) is 0 Å². The molecule has 0 atom stereocenters. The molecule has 0 amide bonds. The Hall–Kier alpha value is -1.51. The predicted molar refractivity (Wildman–Crippen MR) is 62.8 cm³/mol. The molecule has 0 unspecified atom stereocenters. The third kappa shape index (κ3) is 2.99. The topological polar surface area (TPSA) is 35.5 Å². The number of carbonyl (C=O) groups excluding carboxylic acids is 1. The molecule has 0 saturated carbocycles. The van der Waals surface area contributed by atoms with Crippen LogP contribution in [-0.4, -0.2) is 19.7 Å². The molecule has 3 nitrogen and oxygen atoms in total. The van der Waals surface area contributed by atoms with Crippen LogP contribution in [0.5, 0.6) is 5.75 Å². The van der Waals surface area contributed by atoms with E-state index in [1.165, 1.54) is 0 Å². The largest absolute Gasteiger partial charge is 0.496 e. The Labute approximate surface area is 96.4 Å². The molecule has 0 aliphatic carbocycles. The molecule has 0 saturated heterocycles. The Morgan fingerprint density at radius 2 is 2.00 bits per heavy atom. The van der Waals surface area contributed by atoms with Crippen molar-refractivity contribution in [1.29, 1.82) is 0 Å². The first-order chi connectivity index (χ1) is 7.58. The highest BCUT2D eigenvalue weighted by Crippen LogP contribution is 2.23. The van der Waals surface area contributed by atoms with Gasteiger partial charge in [0.05, 0.1) is 20.1 Å². The lowest BCUT2D eigenvalue weighted by Gasteiger charge is -2.10. The fraction of sp³-hybridized carbons (Fsp3) is 0.462. The van der Waals surface area contributed by atoms with E-state index in [-0.39, 0.29) is 5.97 Å². The average Bonchev–Trinajstić information content (AvgIpc) is 2.23. The normalized spacial score (nSPS) is 10.0. The van der Waals surface area contributed by atoms with Crippen molar-refractivity contribution >= 4 is 5.97 Å². The zero-order valence-electron chi connectivity index (χ0n) is 10.3. The number of hydrogen-bond donors (Lipinski definition) is 0. The minimum atomic E-state index is -0.201. The summed E-state index contributed by atoms with van der Waals surface area (Å²) in [6.45, 7) is 6.23. The van der Waals surface area contributed by atoms with E-state index in [1.54, 1.807) is 14.0 Å². The highest BCUT2D eigenvalue weighted by Gasteiger charge is 2.08. The molecule has 88 valence electrons. The maximum atomic E-state index is 11.3. The lowest BCUT2D eigenvalue weighted by Crippen LogP contribution is -2.08. The second-order valence-corrected chi connectivity index (χ2v) is 3.72. The molecule has 0 fully saturated rings. The first kappa shape index (κ1) is 12.6. The molecule has 0 aromatic heterocycles. The van der Waals surface area contributed by atoms with Crippen molar-refractivity contribution in [2.24, 2.45) is 0 Å².